The monoisotopic (exact) mass is 198 g/mol. The molecule has 1 aliphatic rings. The van der Waals surface area contributed by atoms with Crippen molar-refractivity contribution < 1.29 is 14.6 Å². The minimum absolute atomic E-state index is 0.142. The number of aliphatic hydroxyl groups is 1. The standard InChI is InChI=1S/C8H15BN2O3/c1-5(10)8(13)11-2-6(4-12)14-7(9)3-11/h5-7,12H,2-4,10H2,1H3. The number of morpholine rings is 1. The summed E-state index contributed by atoms with van der Waals surface area (Å²) in [4.78, 5) is 13.0. The van der Waals surface area contributed by atoms with Gasteiger partial charge in [0.2, 0.25) is 5.91 Å². The Morgan fingerprint density at radius 3 is 2.93 bits per heavy atom. The van der Waals surface area contributed by atoms with Crippen molar-refractivity contribution in [2.24, 2.45) is 5.73 Å². The lowest BCUT2D eigenvalue weighted by atomic mass is 9.97. The van der Waals surface area contributed by atoms with E-state index in [1.54, 1.807) is 6.92 Å². The van der Waals surface area contributed by atoms with Crippen molar-refractivity contribution in [2.45, 2.75) is 25.1 Å². The lowest BCUT2D eigenvalue weighted by Gasteiger charge is -2.37. The van der Waals surface area contributed by atoms with Crippen LogP contribution in [0.2, 0.25) is 0 Å². The maximum absolute atomic E-state index is 11.5. The second-order valence-electron chi connectivity index (χ2n) is 3.51. The highest BCUT2D eigenvalue weighted by Crippen LogP contribution is 2.09. The molecule has 78 valence electrons. The maximum Gasteiger partial charge on any atom is 0.239 e. The molecule has 1 saturated heterocycles. The molecule has 0 saturated carbocycles. The van der Waals surface area contributed by atoms with E-state index in [9.17, 15) is 4.79 Å². The van der Waals surface area contributed by atoms with Gasteiger partial charge in [0.25, 0.3) is 0 Å². The van der Waals surface area contributed by atoms with Gasteiger partial charge in [-0.25, -0.2) is 0 Å². The smallest absolute Gasteiger partial charge is 0.239 e. The number of ether oxygens (including phenoxy) is 1. The molecule has 0 aliphatic carbocycles. The molecule has 1 heterocycles. The Morgan fingerprint density at radius 1 is 1.79 bits per heavy atom. The Bertz CT molecular complexity index is 213. The summed E-state index contributed by atoms with van der Waals surface area (Å²) >= 11 is 0. The van der Waals surface area contributed by atoms with Crippen molar-refractivity contribution >= 4 is 13.8 Å². The third-order valence-electron chi connectivity index (χ3n) is 2.10. The van der Waals surface area contributed by atoms with E-state index in [1.807, 2.05) is 0 Å². The zero-order valence-corrected chi connectivity index (χ0v) is 8.22. The summed E-state index contributed by atoms with van der Waals surface area (Å²) in [5, 5.41) is 8.90. The SMILES string of the molecule is [B]C1CN(C(=O)C(C)N)CC(CO)O1. The van der Waals surface area contributed by atoms with Crippen LogP contribution in [-0.2, 0) is 9.53 Å². The largest absolute Gasteiger partial charge is 0.394 e. The fraction of sp³-hybridized carbons (Fsp3) is 0.875. The average molecular weight is 198 g/mol. The summed E-state index contributed by atoms with van der Waals surface area (Å²) in [5.74, 6) is -0.165. The van der Waals surface area contributed by atoms with Crippen LogP contribution >= 0.6 is 0 Å². The zero-order chi connectivity index (χ0) is 10.7. The van der Waals surface area contributed by atoms with Crippen molar-refractivity contribution in [1.29, 1.82) is 0 Å². The first kappa shape index (κ1) is 11.5. The topological polar surface area (TPSA) is 75.8 Å². The Balaban J connectivity index is 2.57. The van der Waals surface area contributed by atoms with Crippen LogP contribution in [-0.4, -0.2) is 61.6 Å². The van der Waals surface area contributed by atoms with Crippen LogP contribution in [0.15, 0.2) is 0 Å². The van der Waals surface area contributed by atoms with Crippen LogP contribution in [0.25, 0.3) is 0 Å². The first-order valence-electron chi connectivity index (χ1n) is 4.61. The molecule has 3 unspecified atom stereocenters. The summed E-state index contributed by atoms with van der Waals surface area (Å²) in [6.07, 6.45) is -0.401. The number of hydrogen-bond donors (Lipinski definition) is 2. The van der Waals surface area contributed by atoms with E-state index in [1.165, 1.54) is 4.90 Å². The van der Waals surface area contributed by atoms with Gasteiger partial charge < -0.3 is 20.5 Å². The van der Waals surface area contributed by atoms with Gasteiger partial charge in [0.1, 0.15) is 7.85 Å². The molecule has 1 amide bonds. The van der Waals surface area contributed by atoms with E-state index in [-0.39, 0.29) is 12.5 Å². The molecule has 0 aromatic carbocycles. The predicted octanol–water partition coefficient (Wildman–Crippen LogP) is -1.95. The Morgan fingerprint density at radius 2 is 2.43 bits per heavy atom. The molecular weight excluding hydrogens is 183 g/mol. The van der Waals surface area contributed by atoms with E-state index in [0.29, 0.717) is 13.1 Å². The highest BCUT2D eigenvalue weighted by molar-refractivity contribution is 6.11. The second kappa shape index (κ2) is 4.77. The first-order chi connectivity index (χ1) is 6.54. The summed E-state index contributed by atoms with van der Waals surface area (Å²) < 4.78 is 5.19. The van der Waals surface area contributed by atoms with Gasteiger partial charge in [-0.2, -0.15) is 0 Å². The van der Waals surface area contributed by atoms with Gasteiger partial charge in [-0.1, -0.05) is 0 Å². The van der Waals surface area contributed by atoms with Crippen molar-refractivity contribution in [1.82, 2.24) is 4.90 Å². The number of carbonyl (C=O) groups is 1. The van der Waals surface area contributed by atoms with Gasteiger partial charge in [0, 0.05) is 19.1 Å². The number of nitrogens with zero attached hydrogens (tertiary/aromatic N) is 1. The highest BCUT2D eigenvalue weighted by atomic mass is 16.5. The fourth-order valence-electron chi connectivity index (χ4n) is 1.44. The van der Waals surface area contributed by atoms with Gasteiger partial charge in [0.05, 0.1) is 18.8 Å². The van der Waals surface area contributed by atoms with Gasteiger partial charge in [-0.05, 0) is 6.92 Å². The van der Waals surface area contributed by atoms with Gasteiger partial charge in [-0.3, -0.25) is 4.79 Å². The normalized spacial score (nSPS) is 30.1. The quantitative estimate of drug-likeness (QED) is 0.505. The molecule has 3 atom stereocenters. The third kappa shape index (κ3) is 2.70. The molecule has 5 nitrogen and oxygen atoms in total. The van der Waals surface area contributed by atoms with Crippen LogP contribution in [0, 0.1) is 0 Å². The minimum atomic E-state index is -0.542. The van der Waals surface area contributed by atoms with E-state index in [0.717, 1.165) is 0 Å². The van der Waals surface area contributed by atoms with Gasteiger partial charge >= 0.3 is 0 Å². The molecule has 1 rings (SSSR count). The molecule has 1 aliphatic heterocycles. The predicted molar refractivity (Wildman–Crippen MR) is 51.7 cm³/mol. The number of aliphatic hydroxyl groups excluding tert-OH is 1. The van der Waals surface area contributed by atoms with Crippen LogP contribution in [0.4, 0.5) is 0 Å². The number of rotatable bonds is 2. The Hall–Kier alpha value is -0.585. The second-order valence-corrected chi connectivity index (χ2v) is 3.51. The lowest BCUT2D eigenvalue weighted by molar-refractivity contribution is -0.143. The molecule has 0 bridgehead atoms. The molecule has 14 heavy (non-hydrogen) atoms. The molecular formula is C8H15BN2O3. The maximum atomic E-state index is 11.5. The summed E-state index contributed by atoms with van der Waals surface area (Å²) in [6, 6.07) is -1.08. The van der Waals surface area contributed by atoms with E-state index >= 15 is 0 Å². The van der Waals surface area contributed by atoms with Crippen LogP contribution < -0.4 is 5.73 Å². The first-order valence-corrected chi connectivity index (χ1v) is 4.61. The van der Waals surface area contributed by atoms with Crippen LogP contribution in [0.5, 0.6) is 0 Å². The Labute approximate surface area is 84.6 Å². The Kier molecular flexibility index (Phi) is 3.91. The van der Waals surface area contributed by atoms with E-state index in [2.05, 4.69) is 0 Å². The van der Waals surface area contributed by atoms with Crippen molar-refractivity contribution in [2.75, 3.05) is 19.7 Å². The molecule has 0 spiro atoms. The van der Waals surface area contributed by atoms with Crippen LogP contribution in [0.1, 0.15) is 6.92 Å². The van der Waals surface area contributed by atoms with Crippen LogP contribution in [0.3, 0.4) is 0 Å². The minimum Gasteiger partial charge on any atom is -0.394 e. The van der Waals surface area contributed by atoms with E-state index in [4.69, 9.17) is 23.4 Å². The number of carbonyl (C=O) groups excluding carboxylic acids is 1. The molecule has 3 N–H and O–H groups in total. The summed E-state index contributed by atoms with van der Waals surface area (Å²) in [5.41, 5.74) is 5.46. The molecule has 0 aromatic heterocycles. The van der Waals surface area contributed by atoms with Crippen molar-refractivity contribution in [3.63, 3.8) is 0 Å². The third-order valence-corrected chi connectivity index (χ3v) is 2.10. The molecule has 1 fully saturated rings. The van der Waals surface area contributed by atoms with Gasteiger partial charge in [0.15, 0.2) is 0 Å². The number of amides is 1. The summed E-state index contributed by atoms with van der Waals surface area (Å²) in [6.45, 7) is 2.16. The molecule has 2 radical (unpaired) electrons. The fourth-order valence-corrected chi connectivity index (χ4v) is 1.44. The summed E-state index contributed by atoms with van der Waals surface area (Å²) in [7, 11) is 5.56. The molecule has 0 aromatic rings. The lowest BCUT2D eigenvalue weighted by Crippen LogP contribution is -2.54. The number of hydrogen-bond acceptors (Lipinski definition) is 4. The highest BCUT2D eigenvalue weighted by Gasteiger charge is 2.28. The van der Waals surface area contributed by atoms with Gasteiger partial charge in [-0.15, -0.1) is 0 Å². The van der Waals surface area contributed by atoms with Crippen molar-refractivity contribution in [3.05, 3.63) is 0 Å². The average Bonchev–Trinajstić information content (AvgIpc) is 2.15. The van der Waals surface area contributed by atoms with Crippen molar-refractivity contribution in [3.8, 4) is 0 Å². The number of nitrogens with two attached hydrogens (primary N) is 1. The zero-order valence-electron chi connectivity index (χ0n) is 8.22. The molecule has 6 heteroatoms. The van der Waals surface area contributed by atoms with E-state index < -0.39 is 18.1 Å².